The van der Waals surface area contributed by atoms with Gasteiger partial charge in [0.05, 0.1) is 0 Å². The van der Waals surface area contributed by atoms with Crippen molar-refractivity contribution < 1.29 is 0 Å². The molecule has 0 aromatic carbocycles. The summed E-state index contributed by atoms with van der Waals surface area (Å²) in [5.41, 5.74) is 5.48. The first kappa shape index (κ1) is 11.9. The quantitative estimate of drug-likeness (QED) is 0.661. The van der Waals surface area contributed by atoms with Gasteiger partial charge in [0.25, 0.3) is 0 Å². The van der Waals surface area contributed by atoms with Crippen LogP contribution in [0.2, 0.25) is 0 Å². The van der Waals surface area contributed by atoms with E-state index in [1.165, 1.54) is 12.8 Å². The van der Waals surface area contributed by atoms with Gasteiger partial charge in [0.15, 0.2) is 0 Å². The molecular weight excluding hydrogens is 148 g/mol. The summed E-state index contributed by atoms with van der Waals surface area (Å²) in [6.45, 7) is 5.40. The molecule has 0 spiro atoms. The summed E-state index contributed by atoms with van der Waals surface area (Å²) < 4.78 is 0. The molecule has 12 heavy (non-hydrogen) atoms. The SMILES string of the molecule is CCC(C(C)CCCN)N(C)C. The van der Waals surface area contributed by atoms with Crippen molar-refractivity contribution in [2.24, 2.45) is 11.7 Å². The van der Waals surface area contributed by atoms with Crippen LogP contribution in [0.1, 0.15) is 33.1 Å². The second kappa shape index (κ2) is 6.44. The third kappa shape index (κ3) is 4.07. The van der Waals surface area contributed by atoms with Crippen LogP contribution in [0.15, 0.2) is 0 Å². The van der Waals surface area contributed by atoms with Crippen LogP contribution in [0, 0.1) is 5.92 Å². The smallest absolute Gasteiger partial charge is 0.0112 e. The highest BCUT2D eigenvalue weighted by atomic mass is 15.1. The van der Waals surface area contributed by atoms with Crippen LogP contribution in [-0.2, 0) is 0 Å². The van der Waals surface area contributed by atoms with Gasteiger partial charge in [0, 0.05) is 6.04 Å². The Morgan fingerprint density at radius 3 is 2.25 bits per heavy atom. The summed E-state index contributed by atoms with van der Waals surface area (Å²) >= 11 is 0. The van der Waals surface area contributed by atoms with E-state index in [9.17, 15) is 0 Å². The molecule has 0 amide bonds. The van der Waals surface area contributed by atoms with Gasteiger partial charge < -0.3 is 10.6 Å². The van der Waals surface area contributed by atoms with Gasteiger partial charge >= 0.3 is 0 Å². The molecule has 2 atom stereocenters. The van der Waals surface area contributed by atoms with Crippen LogP contribution in [0.25, 0.3) is 0 Å². The maximum Gasteiger partial charge on any atom is 0.0112 e. The largest absolute Gasteiger partial charge is 0.330 e. The van der Waals surface area contributed by atoms with Crippen LogP contribution in [0.3, 0.4) is 0 Å². The Morgan fingerprint density at radius 2 is 1.92 bits per heavy atom. The molecule has 2 heteroatoms. The van der Waals surface area contributed by atoms with E-state index in [0.29, 0.717) is 0 Å². The molecule has 2 nitrogen and oxygen atoms in total. The number of hydrogen-bond donors (Lipinski definition) is 1. The van der Waals surface area contributed by atoms with Crippen molar-refractivity contribution in [1.82, 2.24) is 4.90 Å². The van der Waals surface area contributed by atoms with E-state index in [-0.39, 0.29) is 0 Å². The van der Waals surface area contributed by atoms with Crippen molar-refractivity contribution in [1.29, 1.82) is 0 Å². The fourth-order valence-electron chi connectivity index (χ4n) is 1.91. The molecule has 2 N–H and O–H groups in total. The van der Waals surface area contributed by atoms with Gasteiger partial charge in [0.1, 0.15) is 0 Å². The predicted molar refractivity (Wildman–Crippen MR) is 55.2 cm³/mol. The fraction of sp³-hybridized carbons (Fsp3) is 1.00. The van der Waals surface area contributed by atoms with E-state index in [1.807, 2.05) is 0 Å². The third-order valence-electron chi connectivity index (χ3n) is 2.60. The molecule has 0 aromatic heterocycles. The zero-order valence-electron chi connectivity index (χ0n) is 9.01. The minimum atomic E-state index is 0.719. The van der Waals surface area contributed by atoms with Crippen molar-refractivity contribution in [2.75, 3.05) is 20.6 Å². The molecular formula is C10H24N2. The Hall–Kier alpha value is -0.0800. The van der Waals surface area contributed by atoms with Crippen LogP contribution < -0.4 is 5.73 Å². The average molecular weight is 172 g/mol. The number of hydrogen-bond acceptors (Lipinski definition) is 2. The van der Waals surface area contributed by atoms with Gasteiger partial charge in [-0.1, -0.05) is 13.8 Å². The minimum absolute atomic E-state index is 0.719. The highest BCUT2D eigenvalue weighted by Gasteiger charge is 2.16. The van der Waals surface area contributed by atoms with Crippen molar-refractivity contribution >= 4 is 0 Å². The number of nitrogens with two attached hydrogens (primary N) is 1. The first-order chi connectivity index (χ1) is 5.63. The topological polar surface area (TPSA) is 29.3 Å². The van der Waals surface area contributed by atoms with Gasteiger partial charge in [-0.3, -0.25) is 0 Å². The van der Waals surface area contributed by atoms with Crippen LogP contribution in [0.4, 0.5) is 0 Å². The first-order valence-corrected chi connectivity index (χ1v) is 5.00. The van der Waals surface area contributed by atoms with E-state index < -0.39 is 0 Å². The van der Waals surface area contributed by atoms with Crippen LogP contribution in [0.5, 0.6) is 0 Å². The summed E-state index contributed by atoms with van der Waals surface area (Å²) in [7, 11) is 4.32. The second-order valence-corrected chi connectivity index (χ2v) is 3.85. The summed E-state index contributed by atoms with van der Waals surface area (Å²) in [6.07, 6.45) is 3.65. The van der Waals surface area contributed by atoms with Crippen LogP contribution in [-0.4, -0.2) is 31.6 Å². The maximum absolute atomic E-state index is 5.48. The van der Waals surface area contributed by atoms with Crippen molar-refractivity contribution in [2.45, 2.75) is 39.2 Å². The van der Waals surface area contributed by atoms with E-state index in [1.54, 1.807) is 0 Å². The molecule has 0 fully saturated rings. The summed E-state index contributed by atoms with van der Waals surface area (Å²) in [4.78, 5) is 2.32. The summed E-state index contributed by atoms with van der Waals surface area (Å²) in [5, 5.41) is 0. The summed E-state index contributed by atoms with van der Waals surface area (Å²) in [5.74, 6) is 0.772. The third-order valence-corrected chi connectivity index (χ3v) is 2.60. The van der Waals surface area contributed by atoms with Gasteiger partial charge in [-0.15, -0.1) is 0 Å². The van der Waals surface area contributed by atoms with Crippen LogP contribution >= 0.6 is 0 Å². The Labute approximate surface area is 77.1 Å². The zero-order chi connectivity index (χ0) is 9.56. The second-order valence-electron chi connectivity index (χ2n) is 3.85. The highest BCUT2D eigenvalue weighted by molar-refractivity contribution is 4.71. The van der Waals surface area contributed by atoms with Crippen molar-refractivity contribution in [3.63, 3.8) is 0 Å². The normalized spacial score (nSPS) is 16.5. The zero-order valence-corrected chi connectivity index (χ0v) is 9.01. The standard InChI is InChI=1S/C10H24N2/c1-5-10(12(3)4)9(2)7-6-8-11/h9-10H,5-8,11H2,1-4H3. The molecule has 0 aliphatic carbocycles. The molecule has 0 aromatic rings. The van der Waals surface area contributed by atoms with Crippen molar-refractivity contribution in [3.8, 4) is 0 Å². The highest BCUT2D eigenvalue weighted by Crippen LogP contribution is 2.16. The van der Waals surface area contributed by atoms with E-state index in [2.05, 4.69) is 32.8 Å². The molecule has 74 valence electrons. The van der Waals surface area contributed by atoms with E-state index >= 15 is 0 Å². The predicted octanol–water partition coefficient (Wildman–Crippen LogP) is 1.70. The molecule has 0 saturated carbocycles. The molecule has 0 bridgehead atoms. The molecule has 0 heterocycles. The lowest BCUT2D eigenvalue weighted by atomic mass is 9.94. The van der Waals surface area contributed by atoms with Gasteiger partial charge in [-0.2, -0.15) is 0 Å². The molecule has 0 radical (unpaired) electrons. The van der Waals surface area contributed by atoms with E-state index in [0.717, 1.165) is 24.9 Å². The Kier molecular flexibility index (Phi) is 6.39. The lowest BCUT2D eigenvalue weighted by molar-refractivity contribution is 0.204. The van der Waals surface area contributed by atoms with Gasteiger partial charge in [-0.05, 0) is 45.8 Å². The lowest BCUT2D eigenvalue weighted by Crippen LogP contribution is -2.33. The lowest BCUT2D eigenvalue weighted by Gasteiger charge is -2.29. The monoisotopic (exact) mass is 172 g/mol. The molecule has 0 rings (SSSR count). The number of rotatable bonds is 6. The average Bonchev–Trinajstić information content (AvgIpc) is 2.01. The molecule has 0 aliphatic rings. The van der Waals surface area contributed by atoms with Gasteiger partial charge in [0.2, 0.25) is 0 Å². The molecule has 0 aliphatic heterocycles. The Balaban J connectivity index is 3.77. The molecule has 0 saturated heterocycles. The fourth-order valence-corrected chi connectivity index (χ4v) is 1.91. The maximum atomic E-state index is 5.48. The minimum Gasteiger partial charge on any atom is -0.330 e. The Bertz CT molecular complexity index is 102. The molecule has 2 unspecified atom stereocenters. The Morgan fingerprint density at radius 1 is 1.33 bits per heavy atom. The number of nitrogens with zero attached hydrogens (tertiary/aromatic N) is 1. The first-order valence-electron chi connectivity index (χ1n) is 5.00. The summed E-state index contributed by atoms with van der Waals surface area (Å²) in [6, 6.07) is 0.719. The van der Waals surface area contributed by atoms with Crippen molar-refractivity contribution in [3.05, 3.63) is 0 Å². The van der Waals surface area contributed by atoms with Gasteiger partial charge in [-0.25, -0.2) is 0 Å². The van der Waals surface area contributed by atoms with E-state index in [4.69, 9.17) is 5.73 Å².